The zero-order valence-corrected chi connectivity index (χ0v) is 7.87. The molecule has 3 atom stereocenters. The molecule has 0 spiro atoms. The Labute approximate surface area is 74.6 Å². The van der Waals surface area contributed by atoms with E-state index in [9.17, 15) is 10.2 Å². The molecule has 0 aromatic heterocycles. The van der Waals surface area contributed by atoms with Crippen molar-refractivity contribution in [2.75, 3.05) is 0 Å². The molecule has 2 N–H and O–H groups in total. The van der Waals surface area contributed by atoms with E-state index in [-0.39, 0.29) is 0 Å². The number of rotatable bonds is 2. The molecule has 0 aromatic rings. The van der Waals surface area contributed by atoms with E-state index >= 15 is 0 Å². The van der Waals surface area contributed by atoms with Crippen LogP contribution in [-0.4, -0.2) is 22.4 Å². The van der Waals surface area contributed by atoms with Crippen molar-refractivity contribution in [3.8, 4) is 0 Å². The molecule has 0 radical (unpaired) electrons. The Bertz CT molecular complexity index is 125. The van der Waals surface area contributed by atoms with Crippen LogP contribution < -0.4 is 0 Å². The first kappa shape index (κ1) is 10.0. The molecule has 0 amide bonds. The molecular formula is C10H20O2. The number of hydrogen-bond donors (Lipinski definition) is 2. The summed E-state index contributed by atoms with van der Waals surface area (Å²) in [6, 6.07) is 0. The highest BCUT2D eigenvalue weighted by atomic mass is 16.3. The quantitative estimate of drug-likeness (QED) is 0.622. The Morgan fingerprint density at radius 2 is 1.83 bits per heavy atom. The van der Waals surface area contributed by atoms with Crippen LogP contribution in [-0.2, 0) is 0 Å². The van der Waals surface area contributed by atoms with Gasteiger partial charge in [-0.15, -0.1) is 0 Å². The smallest absolute Gasteiger partial charge is 0.0827 e. The van der Waals surface area contributed by atoms with E-state index in [1.54, 1.807) is 0 Å². The van der Waals surface area contributed by atoms with E-state index in [4.69, 9.17) is 0 Å². The molecular weight excluding hydrogens is 152 g/mol. The molecule has 0 aromatic carbocycles. The Morgan fingerprint density at radius 3 is 2.50 bits per heavy atom. The highest BCUT2D eigenvalue weighted by Crippen LogP contribution is 2.27. The molecule has 1 fully saturated rings. The standard InChI is InChI=1S/C10H20O2/c1-2-5-8-6-3-4-7-9(11)10(8)12/h8-12H,2-7H2,1H3. The van der Waals surface area contributed by atoms with Gasteiger partial charge in [0.1, 0.15) is 0 Å². The van der Waals surface area contributed by atoms with Crippen LogP contribution in [0.15, 0.2) is 0 Å². The van der Waals surface area contributed by atoms with Crippen molar-refractivity contribution in [3.05, 3.63) is 0 Å². The second kappa shape index (κ2) is 4.83. The lowest BCUT2D eigenvalue weighted by Gasteiger charge is -2.23. The van der Waals surface area contributed by atoms with Crippen molar-refractivity contribution >= 4 is 0 Å². The van der Waals surface area contributed by atoms with Crippen LogP contribution in [0.25, 0.3) is 0 Å². The van der Waals surface area contributed by atoms with Crippen molar-refractivity contribution in [3.63, 3.8) is 0 Å². The molecule has 2 heteroatoms. The Balaban J connectivity index is 2.46. The zero-order chi connectivity index (χ0) is 8.97. The van der Waals surface area contributed by atoms with E-state index in [1.807, 2.05) is 0 Å². The van der Waals surface area contributed by atoms with Gasteiger partial charge in [-0.2, -0.15) is 0 Å². The van der Waals surface area contributed by atoms with Crippen LogP contribution in [0.5, 0.6) is 0 Å². The molecule has 72 valence electrons. The van der Waals surface area contributed by atoms with Crippen LogP contribution in [0.4, 0.5) is 0 Å². The topological polar surface area (TPSA) is 40.5 Å². The van der Waals surface area contributed by atoms with Gasteiger partial charge in [-0.25, -0.2) is 0 Å². The fourth-order valence-electron chi connectivity index (χ4n) is 2.10. The first-order valence-corrected chi connectivity index (χ1v) is 5.11. The maximum atomic E-state index is 9.70. The highest BCUT2D eigenvalue weighted by Gasteiger charge is 2.27. The van der Waals surface area contributed by atoms with Crippen molar-refractivity contribution in [1.82, 2.24) is 0 Å². The maximum Gasteiger partial charge on any atom is 0.0827 e. The minimum absolute atomic E-state index is 0.340. The summed E-state index contributed by atoms with van der Waals surface area (Å²) in [7, 11) is 0. The largest absolute Gasteiger partial charge is 0.390 e. The lowest BCUT2D eigenvalue weighted by molar-refractivity contribution is -0.0170. The van der Waals surface area contributed by atoms with Gasteiger partial charge in [-0.3, -0.25) is 0 Å². The second-order valence-corrected chi connectivity index (χ2v) is 3.89. The molecule has 0 heterocycles. The molecule has 0 saturated heterocycles. The summed E-state index contributed by atoms with van der Waals surface area (Å²) in [4.78, 5) is 0. The van der Waals surface area contributed by atoms with Crippen molar-refractivity contribution in [2.24, 2.45) is 5.92 Å². The second-order valence-electron chi connectivity index (χ2n) is 3.89. The van der Waals surface area contributed by atoms with Gasteiger partial charge in [-0.05, 0) is 25.2 Å². The van der Waals surface area contributed by atoms with E-state index < -0.39 is 12.2 Å². The summed E-state index contributed by atoms with van der Waals surface area (Å²) in [5.74, 6) is 0.340. The molecule has 12 heavy (non-hydrogen) atoms. The lowest BCUT2D eigenvalue weighted by atomic mass is 9.92. The van der Waals surface area contributed by atoms with E-state index in [0.717, 1.165) is 32.1 Å². The van der Waals surface area contributed by atoms with Crippen LogP contribution in [0.1, 0.15) is 45.4 Å². The number of aliphatic hydroxyl groups excluding tert-OH is 2. The third kappa shape index (κ3) is 2.46. The highest BCUT2D eigenvalue weighted by molar-refractivity contribution is 4.79. The maximum absolute atomic E-state index is 9.70. The molecule has 1 aliphatic carbocycles. The van der Waals surface area contributed by atoms with Gasteiger partial charge in [-0.1, -0.05) is 26.2 Å². The Hall–Kier alpha value is -0.0800. The third-order valence-corrected chi connectivity index (χ3v) is 2.86. The average Bonchev–Trinajstić information content (AvgIpc) is 2.20. The number of aliphatic hydroxyl groups is 2. The zero-order valence-electron chi connectivity index (χ0n) is 7.87. The van der Waals surface area contributed by atoms with E-state index in [1.165, 1.54) is 6.42 Å². The fourth-order valence-corrected chi connectivity index (χ4v) is 2.10. The summed E-state index contributed by atoms with van der Waals surface area (Å²) in [6.45, 7) is 2.13. The molecule has 2 nitrogen and oxygen atoms in total. The molecule has 3 unspecified atom stereocenters. The minimum Gasteiger partial charge on any atom is -0.390 e. The molecule has 1 rings (SSSR count). The van der Waals surface area contributed by atoms with Crippen molar-refractivity contribution < 1.29 is 10.2 Å². The first-order chi connectivity index (χ1) is 5.75. The summed E-state index contributed by atoms with van der Waals surface area (Å²) in [5.41, 5.74) is 0. The van der Waals surface area contributed by atoms with Gasteiger partial charge >= 0.3 is 0 Å². The lowest BCUT2D eigenvalue weighted by Crippen LogP contribution is -2.31. The fraction of sp³-hybridized carbons (Fsp3) is 1.00. The normalized spacial score (nSPS) is 37.8. The predicted molar refractivity (Wildman–Crippen MR) is 48.9 cm³/mol. The van der Waals surface area contributed by atoms with Crippen LogP contribution in [0.2, 0.25) is 0 Å². The van der Waals surface area contributed by atoms with Gasteiger partial charge in [0.15, 0.2) is 0 Å². The van der Waals surface area contributed by atoms with Gasteiger partial charge in [0, 0.05) is 0 Å². The minimum atomic E-state index is -0.468. The SMILES string of the molecule is CCCC1CCCCC(O)C1O. The van der Waals surface area contributed by atoms with E-state index in [2.05, 4.69) is 6.92 Å². The predicted octanol–water partition coefficient (Wildman–Crippen LogP) is 1.70. The van der Waals surface area contributed by atoms with Crippen molar-refractivity contribution in [1.29, 1.82) is 0 Å². The summed E-state index contributed by atoms with van der Waals surface area (Å²) < 4.78 is 0. The van der Waals surface area contributed by atoms with Crippen LogP contribution in [0.3, 0.4) is 0 Å². The van der Waals surface area contributed by atoms with Crippen LogP contribution >= 0.6 is 0 Å². The van der Waals surface area contributed by atoms with E-state index in [0.29, 0.717) is 5.92 Å². The van der Waals surface area contributed by atoms with Gasteiger partial charge in [0.05, 0.1) is 12.2 Å². The summed E-state index contributed by atoms with van der Waals surface area (Å²) in [5, 5.41) is 19.2. The molecule has 1 aliphatic rings. The number of hydrogen-bond acceptors (Lipinski definition) is 2. The molecule has 1 saturated carbocycles. The van der Waals surface area contributed by atoms with Gasteiger partial charge in [0.2, 0.25) is 0 Å². The summed E-state index contributed by atoms with van der Waals surface area (Å²) >= 11 is 0. The Kier molecular flexibility index (Phi) is 4.02. The molecule has 0 bridgehead atoms. The Morgan fingerprint density at radius 1 is 1.17 bits per heavy atom. The average molecular weight is 172 g/mol. The first-order valence-electron chi connectivity index (χ1n) is 5.11. The third-order valence-electron chi connectivity index (χ3n) is 2.86. The van der Waals surface area contributed by atoms with Gasteiger partial charge in [0.25, 0.3) is 0 Å². The summed E-state index contributed by atoms with van der Waals surface area (Å²) in [6.07, 6.45) is 5.33. The van der Waals surface area contributed by atoms with Gasteiger partial charge < -0.3 is 10.2 Å². The molecule has 0 aliphatic heterocycles. The monoisotopic (exact) mass is 172 g/mol. The van der Waals surface area contributed by atoms with Crippen LogP contribution in [0, 0.1) is 5.92 Å². The van der Waals surface area contributed by atoms with Crippen molar-refractivity contribution in [2.45, 2.75) is 57.7 Å².